The van der Waals surface area contributed by atoms with Crippen LogP contribution >= 0.6 is 11.8 Å². The van der Waals surface area contributed by atoms with Crippen LogP contribution in [0.3, 0.4) is 0 Å². The van der Waals surface area contributed by atoms with Gasteiger partial charge >= 0.3 is 5.97 Å². The summed E-state index contributed by atoms with van der Waals surface area (Å²) in [5, 5.41) is 7.23. The average molecular weight is 284 g/mol. The molecule has 1 rings (SSSR count). The van der Waals surface area contributed by atoms with Crippen molar-refractivity contribution in [2.24, 2.45) is 5.92 Å². The van der Waals surface area contributed by atoms with E-state index in [9.17, 15) is 9.59 Å². The Morgan fingerprint density at radius 2 is 1.74 bits per heavy atom. The number of hydrogen-bond acceptors (Lipinski definition) is 5. The van der Waals surface area contributed by atoms with Gasteiger partial charge in [0.1, 0.15) is 5.92 Å². The Morgan fingerprint density at radius 1 is 1.21 bits per heavy atom. The Labute approximate surface area is 115 Å². The molecular formula is C13H16O5S. The first-order chi connectivity index (χ1) is 8.96. The van der Waals surface area contributed by atoms with Crippen molar-refractivity contribution in [3.63, 3.8) is 0 Å². The highest BCUT2D eigenvalue weighted by Gasteiger charge is 2.44. The van der Waals surface area contributed by atoms with Crippen molar-refractivity contribution < 1.29 is 24.2 Å². The maximum atomic E-state index is 12.1. The monoisotopic (exact) mass is 284 g/mol. The Kier molecular flexibility index (Phi) is 5.53. The van der Waals surface area contributed by atoms with Gasteiger partial charge in [-0.3, -0.25) is 9.59 Å². The second kappa shape index (κ2) is 6.70. The molecule has 6 heteroatoms. The van der Waals surface area contributed by atoms with E-state index in [0.29, 0.717) is 5.56 Å². The number of carbonyl (C=O) groups excluding carboxylic acids is 1. The fourth-order valence-electron chi connectivity index (χ4n) is 1.52. The first kappa shape index (κ1) is 15.7. The summed E-state index contributed by atoms with van der Waals surface area (Å²) in [5.74, 6) is -2.10. The van der Waals surface area contributed by atoms with E-state index >= 15 is 0 Å². The highest BCUT2D eigenvalue weighted by Crippen LogP contribution is 2.37. The normalized spacial score (nSPS) is 13.0. The van der Waals surface area contributed by atoms with Crippen molar-refractivity contribution in [3.8, 4) is 0 Å². The van der Waals surface area contributed by atoms with E-state index in [1.165, 1.54) is 21.1 Å². The third-order valence-electron chi connectivity index (χ3n) is 2.71. The van der Waals surface area contributed by atoms with E-state index < -0.39 is 17.0 Å². The van der Waals surface area contributed by atoms with E-state index in [-0.39, 0.29) is 5.12 Å². The Hall–Kier alpha value is -1.37. The van der Waals surface area contributed by atoms with E-state index in [2.05, 4.69) is 0 Å². The molecule has 0 radical (unpaired) electrons. The number of ether oxygens (including phenoxy) is 2. The minimum atomic E-state index is -1.54. The number of methoxy groups -OCH3 is 2. The molecule has 19 heavy (non-hydrogen) atoms. The van der Waals surface area contributed by atoms with Crippen LogP contribution in [-0.2, 0) is 14.3 Å². The molecule has 0 heterocycles. The van der Waals surface area contributed by atoms with Crippen LogP contribution in [-0.4, -0.2) is 35.5 Å². The molecule has 1 aromatic rings. The second-order valence-corrected chi connectivity index (χ2v) is 4.97. The van der Waals surface area contributed by atoms with Crippen LogP contribution in [0.1, 0.15) is 17.3 Å². The van der Waals surface area contributed by atoms with Crippen molar-refractivity contribution in [1.82, 2.24) is 0 Å². The molecule has 0 aromatic heterocycles. The zero-order chi connectivity index (χ0) is 14.5. The van der Waals surface area contributed by atoms with Crippen LogP contribution in [0.15, 0.2) is 30.3 Å². The van der Waals surface area contributed by atoms with Gasteiger partial charge in [-0.05, 0) is 18.7 Å². The lowest BCUT2D eigenvalue weighted by molar-refractivity contribution is -0.184. The summed E-state index contributed by atoms with van der Waals surface area (Å²) in [6, 6.07) is 8.56. The Balaban J connectivity index is 2.96. The number of carboxylic acid groups (broad SMARTS) is 1. The van der Waals surface area contributed by atoms with Crippen molar-refractivity contribution in [1.29, 1.82) is 0 Å². The van der Waals surface area contributed by atoms with E-state index in [4.69, 9.17) is 14.6 Å². The lowest BCUT2D eigenvalue weighted by atomic mass is 10.2. The number of rotatable bonds is 6. The summed E-state index contributed by atoms with van der Waals surface area (Å²) < 4.78 is 10.3. The first-order valence-electron chi connectivity index (χ1n) is 5.58. The molecule has 0 bridgehead atoms. The van der Waals surface area contributed by atoms with Crippen molar-refractivity contribution in [2.45, 2.75) is 12.0 Å². The molecule has 1 atom stereocenters. The van der Waals surface area contributed by atoms with Gasteiger partial charge in [-0.25, -0.2) is 0 Å². The minimum Gasteiger partial charge on any atom is -0.481 e. The molecule has 1 N–H and O–H groups in total. The van der Waals surface area contributed by atoms with Gasteiger partial charge in [0.25, 0.3) is 0 Å². The predicted octanol–water partition coefficient (Wildman–Crippen LogP) is 2.23. The zero-order valence-corrected chi connectivity index (χ0v) is 11.8. The van der Waals surface area contributed by atoms with Gasteiger partial charge in [0, 0.05) is 19.8 Å². The number of aliphatic carboxylic acids is 1. The highest BCUT2D eigenvalue weighted by molar-refractivity contribution is 8.15. The number of carboxylic acids is 1. The zero-order valence-electron chi connectivity index (χ0n) is 11.0. The summed E-state index contributed by atoms with van der Waals surface area (Å²) in [6.07, 6.45) is 0. The van der Waals surface area contributed by atoms with Crippen LogP contribution in [0.25, 0.3) is 0 Å². The highest BCUT2D eigenvalue weighted by atomic mass is 32.2. The van der Waals surface area contributed by atoms with Crippen molar-refractivity contribution >= 4 is 22.8 Å². The van der Waals surface area contributed by atoms with Gasteiger partial charge in [-0.15, -0.1) is 0 Å². The van der Waals surface area contributed by atoms with Crippen LogP contribution in [0, 0.1) is 5.92 Å². The number of thioether (sulfide) groups is 1. The number of benzene rings is 1. The molecule has 0 spiro atoms. The first-order valence-corrected chi connectivity index (χ1v) is 6.40. The van der Waals surface area contributed by atoms with Gasteiger partial charge in [-0.2, -0.15) is 0 Å². The molecule has 0 saturated heterocycles. The molecule has 0 fully saturated rings. The molecular weight excluding hydrogens is 268 g/mol. The fraction of sp³-hybridized carbons (Fsp3) is 0.385. The average Bonchev–Trinajstić information content (AvgIpc) is 2.44. The summed E-state index contributed by atoms with van der Waals surface area (Å²) in [4.78, 5) is 23.2. The van der Waals surface area contributed by atoms with Crippen LogP contribution in [0.5, 0.6) is 0 Å². The smallest absolute Gasteiger partial charge is 0.312 e. The topological polar surface area (TPSA) is 72.8 Å². The van der Waals surface area contributed by atoms with E-state index in [1.807, 2.05) is 0 Å². The molecule has 1 unspecified atom stereocenters. The number of carbonyl (C=O) groups is 2. The number of hydrogen-bond donors (Lipinski definition) is 1. The van der Waals surface area contributed by atoms with Crippen LogP contribution in [0.4, 0.5) is 0 Å². The molecule has 104 valence electrons. The van der Waals surface area contributed by atoms with Crippen molar-refractivity contribution in [3.05, 3.63) is 35.9 Å². The lowest BCUT2D eigenvalue weighted by Crippen LogP contribution is -2.42. The van der Waals surface area contributed by atoms with Gasteiger partial charge < -0.3 is 14.6 Å². The summed E-state index contributed by atoms with van der Waals surface area (Å²) >= 11 is 0.717. The standard InChI is InChI=1S/C13H16O5S/c1-9(11(14)15)13(17-2,18-3)19-12(16)10-7-5-4-6-8-10/h4-9H,1-3H3,(H,14,15). The molecule has 1 aromatic carbocycles. The largest absolute Gasteiger partial charge is 0.481 e. The minimum absolute atomic E-state index is 0.308. The fourth-order valence-corrected chi connectivity index (χ4v) is 2.48. The lowest BCUT2D eigenvalue weighted by Gasteiger charge is -2.32. The molecule has 0 aliphatic heterocycles. The van der Waals surface area contributed by atoms with Gasteiger partial charge in [0.15, 0.2) is 0 Å². The maximum Gasteiger partial charge on any atom is 0.312 e. The van der Waals surface area contributed by atoms with E-state index in [1.54, 1.807) is 30.3 Å². The third-order valence-corrected chi connectivity index (χ3v) is 4.11. The van der Waals surface area contributed by atoms with Gasteiger partial charge in [0.05, 0.1) is 0 Å². The SMILES string of the molecule is COC(OC)(SC(=O)c1ccccc1)C(C)C(=O)O. The molecule has 5 nitrogen and oxygen atoms in total. The molecule has 0 saturated carbocycles. The van der Waals surface area contributed by atoms with Crippen LogP contribution in [0.2, 0.25) is 0 Å². The van der Waals surface area contributed by atoms with E-state index in [0.717, 1.165) is 11.8 Å². The summed E-state index contributed by atoms with van der Waals surface area (Å²) in [6.45, 7) is 1.43. The maximum absolute atomic E-state index is 12.1. The quantitative estimate of drug-likeness (QED) is 0.808. The van der Waals surface area contributed by atoms with Crippen molar-refractivity contribution in [2.75, 3.05) is 14.2 Å². The predicted molar refractivity (Wildman–Crippen MR) is 71.9 cm³/mol. The molecule has 0 aliphatic carbocycles. The summed E-state index contributed by atoms with van der Waals surface area (Å²) in [5.41, 5.74) is 0.462. The Bertz CT molecular complexity index is 442. The van der Waals surface area contributed by atoms with Gasteiger partial charge in [-0.1, -0.05) is 30.3 Å². The third kappa shape index (κ3) is 3.56. The van der Waals surface area contributed by atoms with Crippen LogP contribution < -0.4 is 0 Å². The second-order valence-electron chi connectivity index (χ2n) is 3.83. The Morgan fingerprint density at radius 3 is 2.16 bits per heavy atom. The molecule has 0 amide bonds. The summed E-state index contributed by atoms with van der Waals surface area (Å²) in [7, 11) is 2.63. The molecule has 0 aliphatic rings. The van der Waals surface area contributed by atoms with Gasteiger partial charge in [0.2, 0.25) is 10.2 Å².